The lowest BCUT2D eigenvalue weighted by atomic mass is 10.3. The molecular formula is C12H13N5OS. The number of fused-ring (bicyclic) bond motifs is 1. The third-order valence-corrected chi connectivity index (χ3v) is 3.20. The first-order valence-corrected chi connectivity index (χ1v) is 6.38. The lowest BCUT2D eigenvalue weighted by molar-refractivity contribution is 0.386. The molecule has 19 heavy (non-hydrogen) atoms. The summed E-state index contributed by atoms with van der Waals surface area (Å²) in [6, 6.07) is 2.03. The molecule has 0 bridgehead atoms. The maximum Gasteiger partial charge on any atom is 0.223 e. The summed E-state index contributed by atoms with van der Waals surface area (Å²) in [6.45, 7) is 4.45. The van der Waals surface area contributed by atoms with Gasteiger partial charge in [-0.15, -0.1) is 0 Å². The van der Waals surface area contributed by atoms with Crippen molar-refractivity contribution in [2.75, 3.05) is 0 Å². The van der Waals surface area contributed by atoms with Gasteiger partial charge in [-0.05, 0) is 30.8 Å². The SMILES string of the molecule is Cc1cnc2c(c1)[nH]c(=S)n2CCc1noc(C)n1. The summed E-state index contributed by atoms with van der Waals surface area (Å²) >= 11 is 5.32. The van der Waals surface area contributed by atoms with Gasteiger partial charge in [0.2, 0.25) is 5.89 Å². The number of hydrogen-bond donors (Lipinski definition) is 1. The van der Waals surface area contributed by atoms with Gasteiger partial charge in [-0.3, -0.25) is 0 Å². The second-order valence-corrected chi connectivity index (χ2v) is 4.83. The minimum absolute atomic E-state index is 0.575. The van der Waals surface area contributed by atoms with Gasteiger partial charge in [0, 0.05) is 26.1 Å². The fourth-order valence-corrected chi connectivity index (χ4v) is 2.30. The Labute approximate surface area is 114 Å². The lowest BCUT2D eigenvalue weighted by Gasteiger charge is -2.01. The largest absolute Gasteiger partial charge is 0.340 e. The molecule has 0 aliphatic heterocycles. The fourth-order valence-electron chi connectivity index (χ4n) is 2.01. The van der Waals surface area contributed by atoms with E-state index in [1.165, 1.54) is 0 Å². The molecule has 0 amide bonds. The number of rotatable bonds is 3. The summed E-state index contributed by atoms with van der Waals surface area (Å²) in [4.78, 5) is 11.8. The van der Waals surface area contributed by atoms with E-state index in [4.69, 9.17) is 16.7 Å². The Balaban J connectivity index is 1.92. The van der Waals surface area contributed by atoms with Crippen LogP contribution in [-0.4, -0.2) is 24.7 Å². The average Bonchev–Trinajstić information content (AvgIpc) is 2.89. The van der Waals surface area contributed by atoms with E-state index in [0.29, 0.717) is 29.5 Å². The van der Waals surface area contributed by atoms with Gasteiger partial charge in [0.05, 0.1) is 5.52 Å². The third-order valence-electron chi connectivity index (χ3n) is 2.87. The topological polar surface area (TPSA) is 72.5 Å². The molecule has 3 heterocycles. The monoisotopic (exact) mass is 275 g/mol. The lowest BCUT2D eigenvalue weighted by Crippen LogP contribution is -2.03. The Morgan fingerprint density at radius 2 is 2.26 bits per heavy atom. The Morgan fingerprint density at radius 1 is 1.42 bits per heavy atom. The van der Waals surface area contributed by atoms with Crippen molar-refractivity contribution >= 4 is 23.4 Å². The standard InChI is InChI=1S/C12H13N5OS/c1-7-5-9-11(13-6-7)17(12(19)15-9)4-3-10-14-8(2)18-16-10/h5-6H,3-4H2,1-2H3,(H,15,19). The van der Waals surface area contributed by atoms with Crippen molar-refractivity contribution < 1.29 is 4.52 Å². The first kappa shape index (κ1) is 12.0. The summed E-state index contributed by atoms with van der Waals surface area (Å²) in [6.07, 6.45) is 2.49. The molecule has 0 atom stereocenters. The molecule has 7 heteroatoms. The molecule has 6 nitrogen and oxygen atoms in total. The van der Waals surface area contributed by atoms with E-state index in [1.807, 2.05) is 23.8 Å². The highest BCUT2D eigenvalue weighted by molar-refractivity contribution is 7.71. The molecule has 0 unspecified atom stereocenters. The highest BCUT2D eigenvalue weighted by atomic mass is 32.1. The molecular weight excluding hydrogens is 262 g/mol. The van der Waals surface area contributed by atoms with Crippen molar-refractivity contribution in [2.24, 2.45) is 0 Å². The Bertz CT molecular complexity index is 785. The summed E-state index contributed by atoms with van der Waals surface area (Å²) in [5, 5.41) is 3.87. The Hall–Kier alpha value is -2.02. The number of aromatic amines is 1. The minimum atomic E-state index is 0.575. The zero-order valence-corrected chi connectivity index (χ0v) is 11.5. The van der Waals surface area contributed by atoms with Crippen LogP contribution in [0.25, 0.3) is 11.2 Å². The van der Waals surface area contributed by atoms with Gasteiger partial charge in [0.1, 0.15) is 0 Å². The highest BCUT2D eigenvalue weighted by Crippen LogP contribution is 2.13. The molecule has 0 aromatic carbocycles. The first-order valence-electron chi connectivity index (χ1n) is 5.98. The molecule has 1 N–H and O–H groups in total. The van der Waals surface area contributed by atoms with E-state index in [1.54, 1.807) is 6.92 Å². The summed E-state index contributed by atoms with van der Waals surface area (Å²) < 4.78 is 7.56. The molecule has 3 aromatic rings. The average molecular weight is 275 g/mol. The highest BCUT2D eigenvalue weighted by Gasteiger charge is 2.08. The van der Waals surface area contributed by atoms with Gasteiger partial charge >= 0.3 is 0 Å². The van der Waals surface area contributed by atoms with E-state index in [-0.39, 0.29) is 0 Å². The van der Waals surface area contributed by atoms with Crippen molar-refractivity contribution in [3.05, 3.63) is 34.3 Å². The number of nitrogens with one attached hydrogen (secondary N) is 1. The van der Waals surface area contributed by atoms with Crippen molar-refractivity contribution in [3.63, 3.8) is 0 Å². The zero-order valence-electron chi connectivity index (χ0n) is 10.7. The van der Waals surface area contributed by atoms with Gasteiger partial charge < -0.3 is 14.1 Å². The van der Waals surface area contributed by atoms with Crippen LogP contribution in [-0.2, 0) is 13.0 Å². The molecule has 0 saturated heterocycles. The van der Waals surface area contributed by atoms with E-state index in [2.05, 4.69) is 20.1 Å². The molecule has 0 aliphatic carbocycles. The number of aryl methyl sites for hydroxylation is 4. The van der Waals surface area contributed by atoms with E-state index in [0.717, 1.165) is 16.7 Å². The van der Waals surface area contributed by atoms with E-state index < -0.39 is 0 Å². The van der Waals surface area contributed by atoms with Crippen molar-refractivity contribution in [3.8, 4) is 0 Å². The van der Waals surface area contributed by atoms with Crippen LogP contribution in [0.4, 0.5) is 0 Å². The van der Waals surface area contributed by atoms with Gasteiger partial charge in [-0.25, -0.2) is 4.98 Å². The molecule has 0 saturated carbocycles. The van der Waals surface area contributed by atoms with Crippen LogP contribution < -0.4 is 0 Å². The van der Waals surface area contributed by atoms with Crippen molar-refractivity contribution in [2.45, 2.75) is 26.8 Å². The third kappa shape index (κ3) is 2.28. The van der Waals surface area contributed by atoms with Gasteiger partial charge in [-0.2, -0.15) is 4.98 Å². The predicted molar refractivity (Wildman–Crippen MR) is 72.4 cm³/mol. The normalized spacial score (nSPS) is 11.3. The molecule has 0 aliphatic rings. The van der Waals surface area contributed by atoms with Crippen molar-refractivity contribution in [1.82, 2.24) is 24.7 Å². The van der Waals surface area contributed by atoms with E-state index in [9.17, 15) is 0 Å². The van der Waals surface area contributed by atoms with Crippen LogP contribution in [0.1, 0.15) is 17.3 Å². The van der Waals surface area contributed by atoms with Crippen LogP contribution in [0.2, 0.25) is 0 Å². The summed E-state index contributed by atoms with van der Waals surface area (Å²) in [5.41, 5.74) is 2.91. The second-order valence-electron chi connectivity index (χ2n) is 4.45. The predicted octanol–water partition coefficient (Wildman–Crippen LogP) is 2.34. The van der Waals surface area contributed by atoms with E-state index >= 15 is 0 Å². The first-order chi connectivity index (χ1) is 9.13. The number of hydrogen-bond acceptors (Lipinski definition) is 5. The Kier molecular flexibility index (Phi) is 2.90. The molecule has 3 aromatic heterocycles. The molecule has 3 rings (SSSR count). The molecule has 0 fully saturated rings. The minimum Gasteiger partial charge on any atom is -0.340 e. The fraction of sp³-hybridized carbons (Fsp3) is 0.333. The van der Waals surface area contributed by atoms with Crippen LogP contribution in [0.5, 0.6) is 0 Å². The second kappa shape index (κ2) is 4.58. The van der Waals surface area contributed by atoms with Crippen LogP contribution in [0.3, 0.4) is 0 Å². The zero-order chi connectivity index (χ0) is 13.4. The summed E-state index contributed by atoms with van der Waals surface area (Å²) in [5.74, 6) is 1.26. The van der Waals surface area contributed by atoms with Crippen LogP contribution in [0.15, 0.2) is 16.8 Å². The van der Waals surface area contributed by atoms with Crippen LogP contribution >= 0.6 is 12.2 Å². The maximum atomic E-state index is 5.32. The quantitative estimate of drug-likeness (QED) is 0.743. The number of pyridine rings is 1. The number of imidazole rings is 1. The van der Waals surface area contributed by atoms with Crippen LogP contribution in [0, 0.1) is 18.6 Å². The number of aromatic nitrogens is 5. The van der Waals surface area contributed by atoms with Gasteiger partial charge in [0.15, 0.2) is 16.2 Å². The number of H-pyrrole nitrogens is 1. The molecule has 0 radical (unpaired) electrons. The van der Waals surface area contributed by atoms with Gasteiger partial charge in [-0.1, -0.05) is 5.16 Å². The Morgan fingerprint density at radius 3 is 3.00 bits per heavy atom. The smallest absolute Gasteiger partial charge is 0.223 e. The summed E-state index contributed by atoms with van der Waals surface area (Å²) in [7, 11) is 0. The van der Waals surface area contributed by atoms with Crippen molar-refractivity contribution in [1.29, 1.82) is 0 Å². The maximum absolute atomic E-state index is 5.32. The molecule has 98 valence electrons. The number of nitrogens with zero attached hydrogens (tertiary/aromatic N) is 4. The molecule has 0 spiro atoms. The van der Waals surface area contributed by atoms with Gasteiger partial charge in [0.25, 0.3) is 0 Å².